The first kappa shape index (κ1) is 12.2. The quantitative estimate of drug-likeness (QED) is 0.719. The minimum absolute atomic E-state index is 0.0903. The smallest absolute Gasteiger partial charge is 0.163 e. The maximum atomic E-state index is 5.60. The van der Waals surface area contributed by atoms with Crippen molar-refractivity contribution in [3.05, 3.63) is 17.5 Å². The normalized spacial score (nSPS) is 23.4. The lowest BCUT2D eigenvalue weighted by molar-refractivity contribution is -0.139. The molecular weight excluding hydrogens is 194 g/mol. The summed E-state index contributed by atoms with van der Waals surface area (Å²) in [6.07, 6.45) is -0.0903. The zero-order chi connectivity index (χ0) is 11.5. The third-order valence-electron chi connectivity index (χ3n) is 1.98. The van der Waals surface area contributed by atoms with Crippen molar-refractivity contribution in [3.63, 3.8) is 0 Å². The van der Waals surface area contributed by atoms with Crippen LogP contribution >= 0.6 is 0 Å². The van der Waals surface area contributed by atoms with Crippen LogP contribution in [-0.4, -0.2) is 17.6 Å². The summed E-state index contributed by atoms with van der Waals surface area (Å²) in [5.41, 5.74) is 0.808. The van der Waals surface area contributed by atoms with Gasteiger partial charge in [0.1, 0.15) is 17.6 Å². The monoisotopic (exact) mass is 213 g/mol. The number of aryl methyl sites for hydroxylation is 1. The number of hydrogen-bond acceptors (Lipinski definition) is 4. The molecule has 4 nitrogen and oxygen atoms in total. The minimum atomic E-state index is -0.502. The van der Waals surface area contributed by atoms with Crippen LogP contribution in [0, 0.1) is 6.92 Å². The summed E-state index contributed by atoms with van der Waals surface area (Å²) in [6.45, 7) is 10.2. The van der Waals surface area contributed by atoms with E-state index in [-0.39, 0.29) is 6.10 Å². The zero-order valence-corrected chi connectivity index (χ0v) is 10.0. The van der Waals surface area contributed by atoms with E-state index in [0.29, 0.717) is 6.61 Å². The molecule has 15 heavy (non-hydrogen) atoms. The molecule has 0 aromatic carbocycles. The Morgan fingerprint density at radius 2 is 2.07 bits per heavy atom. The van der Waals surface area contributed by atoms with Crippen LogP contribution in [0.1, 0.15) is 45.3 Å². The Morgan fingerprint density at radius 3 is 2.47 bits per heavy atom. The molecule has 0 spiro atoms. The Balaban J connectivity index is 0.000000531. The van der Waals surface area contributed by atoms with Gasteiger partial charge in [-0.15, -0.1) is 0 Å². The fraction of sp³-hybridized carbons (Fsp3) is 0.727. The average Bonchev–Trinajstić information content (AvgIpc) is 2.75. The highest BCUT2D eigenvalue weighted by Gasteiger charge is 2.35. The van der Waals surface area contributed by atoms with Crippen molar-refractivity contribution in [2.45, 2.75) is 46.5 Å². The van der Waals surface area contributed by atoms with Gasteiger partial charge >= 0.3 is 0 Å². The van der Waals surface area contributed by atoms with Crippen molar-refractivity contribution < 1.29 is 14.0 Å². The van der Waals surface area contributed by atoms with Gasteiger partial charge in [0.05, 0.1) is 6.61 Å². The Morgan fingerprint density at radius 1 is 1.40 bits per heavy atom. The highest BCUT2D eigenvalue weighted by Crippen LogP contribution is 2.32. The average molecular weight is 213 g/mol. The van der Waals surface area contributed by atoms with Gasteiger partial charge in [-0.1, -0.05) is 19.0 Å². The second-order valence-corrected chi connectivity index (χ2v) is 3.68. The lowest BCUT2D eigenvalue weighted by atomic mass is 10.2. The highest BCUT2D eigenvalue weighted by atomic mass is 16.7. The maximum Gasteiger partial charge on any atom is 0.163 e. The first-order chi connectivity index (χ1) is 7.07. The molecule has 1 aliphatic heterocycles. The SMILES string of the molecule is CC.Cc1cc(C2COC(C)(C)O2)no1. The molecule has 4 heteroatoms. The largest absolute Gasteiger partial charge is 0.361 e. The van der Waals surface area contributed by atoms with Crippen LogP contribution in [-0.2, 0) is 9.47 Å². The standard InChI is InChI=1S/C9H13NO3.C2H6/c1-6-4-7(10-13-6)8-5-11-9(2,3)12-8;1-2/h4,8H,5H2,1-3H3;1-2H3. The molecule has 0 saturated carbocycles. The van der Waals surface area contributed by atoms with Gasteiger partial charge in [-0.05, 0) is 20.8 Å². The molecule has 0 amide bonds. The van der Waals surface area contributed by atoms with Crippen molar-refractivity contribution in [1.82, 2.24) is 5.16 Å². The second-order valence-electron chi connectivity index (χ2n) is 3.68. The van der Waals surface area contributed by atoms with Gasteiger partial charge in [0.25, 0.3) is 0 Å². The molecule has 1 atom stereocenters. The van der Waals surface area contributed by atoms with Gasteiger partial charge in [-0.25, -0.2) is 0 Å². The van der Waals surface area contributed by atoms with Crippen molar-refractivity contribution in [3.8, 4) is 0 Å². The molecule has 0 aliphatic carbocycles. The lowest BCUT2D eigenvalue weighted by Crippen LogP contribution is -2.19. The summed E-state index contributed by atoms with van der Waals surface area (Å²) in [7, 11) is 0. The molecule has 1 aromatic heterocycles. The van der Waals surface area contributed by atoms with E-state index in [4.69, 9.17) is 14.0 Å². The van der Waals surface area contributed by atoms with Gasteiger partial charge < -0.3 is 14.0 Å². The van der Waals surface area contributed by atoms with Crippen LogP contribution in [0.2, 0.25) is 0 Å². The van der Waals surface area contributed by atoms with E-state index >= 15 is 0 Å². The molecule has 2 rings (SSSR count). The Kier molecular flexibility index (Phi) is 3.88. The number of aromatic nitrogens is 1. The fourth-order valence-corrected chi connectivity index (χ4v) is 1.37. The summed E-state index contributed by atoms with van der Waals surface area (Å²) < 4.78 is 16.0. The molecule has 86 valence electrons. The number of ether oxygens (including phenoxy) is 2. The van der Waals surface area contributed by atoms with Crippen molar-refractivity contribution in [1.29, 1.82) is 0 Å². The van der Waals surface area contributed by atoms with Crippen LogP contribution in [0.3, 0.4) is 0 Å². The van der Waals surface area contributed by atoms with Crippen LogP contribution in [0.15, 0.2) is 10.6 Å². The van der Waals surface area contributed by atoms with Crippen molar-refractivity contribution >= 4 is 0 Å². The van der Waals surface area contributed by atoms with Gasteiger partial charge in [0.2, 0.25) is 0 Å². The van der Waals surface area contributed by atoms with Crippen LogP contribution in [0.25, 0.3) is 0 Å². The van der Waals surface area contributed by atoms with E-state index in [9.17, 15) is 0 Å². The van der Waals surface area contributed by atoms with E-state index in [1.165, 1.54) is 0 Å². The third-order valence-corrected chi connectivity index (χ3v) is 1.98. The van der Waals surface area contributed by atoms with Crippen LogP contribution in [0.5, 0.6) is 0 Å². The Labute approximate surface area is 90.5 Å². The highest BCUT2D eigenvalue weighted by molar-refractivity contribution is 5.08. The molecule has 0 N–H and O–H groups in total. The van der Waals surface area contributed by atoms with E-state index in [1.54, 1.807) is 0 Å². The summed E-state index contributed by atoms with van der Waals surface area (Å²) >= 11 is 0. The predicted molar refractivity (Wildman–Crippen MR) is 56.4 cm³/mol. The Bertz CT molecular complexity index is 307. The molecule has 1 unspecified atom stereocenters. The van der Waals surface area contributed by atoms with E-state index in [1.807, 2.05) is 40.7 Å². The van der Waals surface area contributed by atoms with Crippen LogP contribution in [0.4, 0.5) is 0 Å². The summed E-state index contributed by atoms with van der Waals surface area (Å²) in [6, 6.07) is 1.87. The van der Waals surface area contributed by atoms with Crippen molar-refractivity contribution in [2.24, 2.45) is 0 Å². The maximum absolute atomic E-state index is 5.60. The zero-order valence-electron chi connectivity index (χ0n) is 10.0. The van der Waals surface area contributed by atoms with E-state index in [0.717, 1.165) is 11.5 Å². The topological polar surface area (TPSA) is 44.5 Å². The van der Waals surface area contributed by atoms with Gasteiger partial charge in [-0.2, -0.15) is 0 Å². The summed E-state index contributed by atoms with van der Waals surface area (Å²) in [5.74, 6) is 0.292. The summed E-state index contributed by atoms with van der Waals surface area (Å²) in [4.78, 5) is 0. The molecule has 0 bridgehead atoms. The second kappa shape index (κ2) is 4.77. The summed E-state index contributed by atoms with van der Waals surface area (Å²) in [5, 5.41) is 3.88. The molecule has 1 aromatic rings. The Hall–Kier alpha value is -0.870. The molecule has 1 fully saturated rings. The van der Waals surface area contributed by atoms with Gasteiger partial charge in [0, 0.05) is 6.07 Å². The molecule has 0 radical (unpaired) electrons. The van der Waals surface area contributed by atoms with Crippen LogP contribution < -0.4 is 0 Å². The number of hydrogen-bond donors (Lipinski definition) is 0. The van der Waals surface area contributed by atoms with Crippen molar-refractivity contribution in [2.75, 3.05) is 6.61 Å². The molecule has 1 aliphatic rings. The fourth-order valence-electron chi connectivity index (χ4n) is 1.37. The van der Waals surface area contributed by atoms with E-state index < -0.39 is 5.79 Å². The molecule has 2 heterocycles. The first-order valence-electron chi connectivity index (χ1n) is 5.32. The first-order valence-corrected chi connectivity index (χ1v) is 5.32. The number of nitrogens with zero attached hydrogens (tertiary/aromatic N) is 1. The third kappa shape index (κ3) is 3.04. The number of rotatable bonds is 1. The molecular formula is C11H19NO3. The predicted octanol–water partition coefficient (Wildman–Crippen LogP) is 2.83. The van der Waals surface area contributed by atoms with Gasteiger partial charge in [-0.3, -0.25) is 0 Å². The minimum Gasteiger partial charge on any atom is -0.361 e. The molecule has 1 saturated heterocycles. The van der Waals surface area contributed by atoms with E-state index in [2.05, 4.69) is 5.16 Å². The van der Waals surface area contributed by atoms with Gasteiger partial charge in [0.15, 0.2) is 5.79 Å². The lowest BCUT2D eigenvalue weighted by Gasteiger charge is -2.15.